The summed E-state index contributed by atoms with van der Waals surface area (Å²) in [6.45, 7) is 6.82. The maximum absolute atomic E-state index is 13.7. The van der Waals surface area contributed by atoms with Crippen molar-refractivity contribution < 1.29 is 9.18 Å². The first-order valence-corrected chi connectivity index (χ1v) is 9.49. The fraction of sp³-hybridized carbons (Fsp3) is 0.474. The molecule has 2 atom stereocenters. The molecule has 1 aromatic carbocycles. The van der Waals surface area contributed by atoms with Gasteiger partial charge in [-0.3, -0.25) is 4.79 Å². The Hall–Kier alpha value is -1.82. The summed E-state index contributed by atoms with van der Waals surface area (Å²) in [4.78, 5) is 17.0. The molecule has 4 rings (SSSR count). The second-order valence-corrected chi connectivity index (χ2v) is 8.61. The van der Waals surface area contributed by atoms with Crippen LogP contribution in [-0.2, 0) is 5.41 Å². The lowest BCUT2D eigenvalue weighted by Crippen LogP contribution is -2.32. The number of Topliss-reactive ketones (excluding diaryl/α,β-unsaturated/α-hetero) is 1. The van der Waals surface area contributed by atoms with Gasteiger partial charge in [-0.25, -0.2) is 9.37 Å². The number of nitrogens with zero attached hydrogens (tertiary/aromatic N) is 3. The monoisotopic (exact) mass is 357 g/mol. The molecule has 0 radical (unpaired) electrons. The maximum atomic E-state index is 13.7. The van der Waals surface area contributed by atoms with E-state index in [2.05, 4.69) is 31.0 Å². The molecule has 0 amide bonds. The third kappa shape index (κ3) is 2.34. The summed E-state index contributed by atoms with van der Waals surface area (Å²) in [6.07, 6.45) is 2.24. The highest BCUT2D eigenvalue weighted by atomic mass is 32.2. The van der Waals surface area contributed by atoms with Gasteiger partial charge in [-0.15, -0.1) is 5.10 Å². The fourth-order valence-corrected chi connectivity index (χ4v) is 4.99. The topological polar surface area (TPSA) is 55.7 Å². The molecule has 130 valence electrons. The Balaban J connectivity index is 1.55. The van der Waals surface area contributed by atoms with Gasteiger partial charge in [0, 0.05) is 11.3 Å². The van der Waals surface area contributed by atoms with Crippen LogP contribution in [0.3, 0.4) is 0 Å². The number of halogens is 1. The second kappa shape index (κ2) is 5.59. The minimum Gasteiger partial charge on any atom is -0.293 e. The number of ketones is 1. The van der Waals surface area contributed by atoms with Crippen molar-refractivity contribution in [2.24, 2.45) is 5.41 Å². The van der Waals surface area contributed by atoms with E-state index in [0.717, 1.165) is 24.2 Å². The molecule has 4 nitrogen and oxygen atoms in total. The minimum atomic E-state index is -0.493. The lowest BCUT2D eigenvalue weighted by molar-refractivity contribution is 0.101. The maximum Gasteiger partial charge on any atom is 0.209 e. The van der Waals surface area contributed by atoms with Crippen LogP contribution in [0.4, 0.5) is 4.39 Å². The Morgan fingerprint density at radius 3 is 2.80 bits per heavy atom. The van der Waals surface area contributed by atoms with Gasteiger partial charge in [0.2, 0.25) is 5.16 Å². The normalized spacial score (nSPS) is 25.8. The van der Waals surface area contributed by atoms with Crippen LogP contribution in [-0.4, -0.2) is 26.7 Å². The molecule has 0 spiro atoms. The number of rotatable bonds is 4. The minimum absolute atomic E-state index is 0.00774. The van der Waals surface area contributed by atoms with E-state index in [1.165, 1.54) is 23.9 Å². The number of fused-ring (bicyclic) bond motifs is 5. The van der Waals surface area contributed by atoms with Crippen molar-refractivity contribution in [2.75, 3.05) is 5.75 Å². The molecule has 2 aliphatic carbocycles. The zero-order valence-electron chi connectivity index (χ0n) is 14.5. The van der Waals surface area contributed by atoms with Crippen molar-refractivity contribution in [3.05, 3.63) is 47.0 Å². The average Bonchev–Trinajstić information content (AvgIpc) is 2.92. The molecule has 2 bridgehead atoms. The molecule has 6 heteroatoms. The van der Waals surface area contributed by atoms with Crippen LogP contribution < -0.4 is 0 Å². The highest BCUT2D eigenvalue weighted by Gasteiger charge is 2.61. The zero-order chi connectivity index (χ0) is 17.8. The van der Waals surface area contributed by atoms with E-state index < -0.39 is 5.82 Å². The zero-order valence-corrected chi connectivity index (χ0v) is 15.4. The molecule has 2 aliphatic rings. The summed E-state index contributed by atoms with van der Waals surface area (Å²) >= 11 is 1.22. The highest BCUT2D eigenvalue weighted by Crippen LogP contribution is 2.66. The van der Waals surface area contributed by atoms with E-state index in [-0.39, 0.29) is 27.9 Å². The van der Waals surface area contributed by atoms with Gasteiger partial charge in [-0.2, -0.15) is 5.10 Å². The van der Waals surface area contributed by atoms with Gasteiger partial charge in [0.05, 0.1) is 22.7 Å². The van der Waals surface area contributed by atoms with Crippen molar-refractivity contribution in [2.45, 2.75) is 50.1 Å². The molecule has 1 heterocycles. The highest BCUT2D eigenvalue weighted by molar-refractivity contribution is 7.99. The lowest BCUT2D eigenvalue weighted by Gasteiger charge is -2.33. The van der Waals surface area contributed by atoms with E-state index in [9.17, 15) is 9.18 Å². The van der Waals surface area contributed by atoms with Gasteiger partial charge in [0.25, 0.3) is 0 Å². The Morgan fingerprint density at radius 2 is 2.04 bits per heavy atom. The van der Waals surface area contributed by atoms with E-state index in [4.69, 9.17) is 4.98 Å². The van der Waals surface area contributed by atoms with Gasteiger partial charge in [-0.1, -0.05) is 44.7 Å². The van der Waals surface area contributed by atoms with Gasteiger partial charge in [0.1, 0.15) is 5.82 Å². The van der Waals surface area contributed by atoms with Crippen LogP contribution in [0.2, 0.25) is 0 Å². The number of benzene rings is 1. The summed E-state index contributed by atoms with van der Waals surface area (Å²) in [7, 11) is 0. The average molecular weight is 357 g/mol. The smallest absolute Gasteiger partial charge is 0.209 e. The van der Waals surface area contributed by atoms with Crippen molar-refractivity contribution in [1.82, 2.24) is 15.2 Å². The van der Waals surface area contributed by atoms with Crippen molar-refractivity contribution in [1.29, 1.82) is 0 Å². The van der Waals surface area contributed by atoms with Gasteiger partial charge >= 0.3 is 0 Å². The Kier molecular flexibility index (Phi) is 3.72. The van der Waals surface area contributed by atoms with Crippen LogP contribution in [0.5, 0.6) is 0 Å². The number of carbonyl (C=O) groups is 1. The SMILES string of the molecule is CC1(C)[C@@H]2CC[C@]1(C)c1nc(SCC(=O)c3ccccc3F)nnc12. The predicted molar refractivity (Wildman–Crippen MR) is 94.4 cm³/mol. The van der Waals surface area contributed by atoms with Crippen molar-refractivity contribution in [3.8, 4) is 0 Å². The molecule has 1 aromatic heterocycles. The van der Waals surface area contributed by atoms with Crippen LogP contribution in [0.25, 0.3) is 0 Å². The molecule has 0 unspecified atom stereocenters. The number of hydrogen-bond donors (Lipinski definition) is 0. The predicted octanol–water partition coefficient (Wildman–Crippen LogP) is 4.16. The number of aromatic nitrogens is 3. The number of hydrogen-bond acceptors (Lipinski definition) is 5. The first kappa shape index (κ1) is 16.6. The second-order valence-electron chi connectivity index (χ2n) is 7.66. The molecular weight excluding hydrogens is 337 g/mol. The summed E-state index contributed by atoms with van der Waals surface area (Å²) in [5, 5.41) is 9.14. The summed E-state index contributed by atoms with van der Waals surface area (Å²) in [5.74, 6) is -0.246. The third-order valence-corrected chi connectivity index (χ3v) is 7.12. The summed E-state index contributed by atoms with van der Waals surface area (Å²) in [6, 6.07) is 6.03. The molecule has 1 fully saturated rings. The van der Waals surface area contributed by atoms with Crippen LogP contribution in [0.15, 0.2) is 29.4 Å². The van der Waals surface area contributed by atoms with E-state index in [1.807, 2.05) is 0 Å². The molecular formula is C19H20FN3OS. The lowest BCUT2D eigenvalue weighted by atomic mass is 9.70. The van der Waals surface area contributed by atoms with Crippen LogP contribution in [0.1, 0.15) is 61.3 Å². The molecule has 0 aliphatic heterocycles. The van der Waals surface area contributed by atoms with Crippen LogP contribution in [0, 0.1) is 11.2 Å². The van der Waals surface area contributed by atoms with Gasteiger partial charge < -0.3 is 0 Å². The Bertz CT molecular complexity index is 869. The van der Waals surface area contributed by atoms with E-state index >= 15 is 0 Å². The quantitative estimate of drug-likeness (QED) is 0.607. The number of thioether (sulfide) groups is 1. The van der Waals surface area contributed by atoms with Crippen molar-refractivity contribution >= 4 is 17.5 Å². The first-order valence-electron chi connectivity index (χ1n) is 8.50. The molecule has 0 N–H and O–H groups in total. The molecule has 0 saturated heterocycles. The fourth-order valence-electron chi connectivity index (χ4n) is 4.32. The van der Waals surface area contributed by atoms with E-state index in [0.29, 0.717) is 11.1 Å². The molecule has 25 heavy (non-hydrogen) atoms. The van der Waals surface area contributed by atoms with Crippen molar-refractivity contribution in [3.63, 3.8) is 0 Å². The Labute approximate surface area is 150 Å². The standard InChI is InChI=1S/C19H20FN3OS/c1-18(2)12-8-9-19(18,3)16-15(12)22-23-17(21-16)25-10-14(24)11-6-4-5-7-13(11)20/h4-7,12H,8-10H2,1-3H3/t12-,19-/m1/s1. The first-order chi connectivity index (χ1) is 11.8. The summed E-state index contributed by atoms with van der Waals surface area (Å²) in [5.41, 5.74) is 2.29. The van der Waals surface area contributed by atoms with E-state index in [1.54, 1.807) is 12.1 Å². The van der Waals surface area contributed by atoms with Gasteiger partial charge in [0.15, 0.2) is 5.78 Å². The van der Waals surface area contributed by atoms with Gasteiger partial charge in [-0.05, 0) is 30.4 Å². The third-order valence-electron chi connectivity index (χ3n) is 6.28. The number of carbonyl (C=O) groups excluding carboxylic acids is 1. The largest absolute Gasteiger partial charge is 0.293 e. The Morgan fingerprint density at radius 1 is 1.28 bits per heavy atom. The molecule has 2 aromatic rings. The van der Waals surface area contributed by atoms with Crippen LogP contribution >= 0.6 is 11.8 Å². The molecule has 1 saturated carbocycles. The summed E-state index contributed by atoms with van der Waals surface area (Å²) < 4.78 is 13.7.